The van der Waals surface area contributed by atoms with Crippen LogP contribution in [-0.4, -0.2) is 10.0 Å². The number of rotatable bonds is 0. The average Bonchev–Trinajstić information content (AvgIpc) is 2.17. The first-order chi connectivity index (χ1) is 8.11. The number of fused-ring (bicyclic) bond motifs is 1. The van der Waals surface area contributed by atoms with Crippen molar-refractivity contribution < 1.29 is 4.74 Å². The summed E-state index contributed by atoms with van der Waals surface area (Å²) in [4.78, 5) is 0. The third-order valence-electron chi connectivity index (χ3n) is 2.69. The Balaban J connectivity index is 2.53. The fraction of sp³-hybridized carbons (Fsp3) is 0.455. The zero-order valence-electron chi connectivity index (χ0n) is 9.53. The van der Waals surface area contributed by atoms with Gasteiger partial charge >= 0.3 is 0 Å². The van der Waals surface area contributed by atoms with E-state index in [2.05, 4.69) is 37.2 Å². The fourth-order valence-electron chi connectivity index (χ4n) is 1.86. The van der Waals surface area contributed by atoms with Crippen LogP contribution in [0.25, 0.3) is 0 Å². The predicted octanol–water partition coefficient (Wildman–Crippen LogP) is 5.59. The molecule has 0 aromatic heterocycles. The highest BCUT2D eigenvalue weighted by molar-refractivity contribution is 9.11. The lowest BCUT2D eigenvalue weighted by Gasteiger charge is -2.41. The second kappa shape index (κ2) is 4.97. The molecule has 100 valence electrons. The van der Waals surface area contributed by atoms with Gasteiger partial charge in [0.2, 0.25) is 3.79 Å². The van der Waals surface area contributed by atoms with Crippen molar-refractivity contribution in [3.05, 3.63) is 26.6 Å². The van der Waals surface area contributed by atoms with Crippen LogP contribution in [0.5, 0.6) is 0 Å². The maximum atomic E-state index is 5.91. The van der Waals surface area contributed by atoms with E-state index in [0.29, 0.717) is 0 Å². The van der Waals surface area contributed by atoms with Crippen molar-refractivity contribution in [3.8, 4) is 0 Å². The number of nitrogens with one attached hydrogen (secondary N) is 1. The second-order valence-corrected chi connectivity index (χ2v) is 8.64. The summed E-state index contributed by atoms with van der Waals surface area (Å²) in [5.41, 5.74) is 1.32. The van der Waals surface area contributed by atoms with Crippen molar-refractivity contribution in [2.45, 2.75) is 29.5 Å². The molecule has 1 heterocycles. The minimum Gasteiger partial charge on any atom is -0.355 e. The zero-order valence-corrected chi connectivity index (χ0v) is 15.0. The molecule has 2 nitrogen and oxygen atoms in total. The quantitative estimate of drug-likeness (QED) is 0.534. The van der Waals surface area contributed by atoms with Gasteiger partial charge in [0.15, 0.2) is 6.23 Å². The monoisotopic (exact) mass is 435 g/mol. The van der Waals surface area contributed by atoms with Crippen molar-refractivity contribution in [1.29, 1.82) is 0 Å². The van der Waals surface area contributed by atoms with Gasteiger partial charge in [-0.2, -0.15) is 0 Å². The molecule has 18 heavy (non-hydrogen) atoms. The number of alkyl halides is 3. The predicted molar refractivity (Wildman–Crippen MR) is 83.7 cm³/mol. The van der Waals surface area contributed by atoms with Crippen molar-refractivity contribution in [2.75, 3.05) is 5.32 Å². The Kier molecular flexibility index (Phi) is 4.20. The van der Waals surface area contributed by atoms with E-state index in [9.17, 15) is 0 Å². The molecule has 0 bridgehead atoms. The molecule has 1 aromatic rings. The van der Waals surface area contributed by atoms with Crippen LogP contribution < -0.4 is 5.32 Å². The van der Waals surface area contributed by atoms with Crippen LogP contribution in [0.2, 0.25) is 0 Å². The number of hydrogen-bond donors (Lipinski definition) is 1. The van der Waals surface area contributed by atoms with Crippen molar-refractivity contribution in [3.63, 3.8) is 0 Å². The number of benzene rings is 1. The Morgan fingerprint density at radius 1 is 1.28 bits per heavy atom. The van der Waals surface area contributed by atoms with Gasteiger partial charge in [-0.3, -0.25) is 0 Å². The molecule has 2 rings (SSSR count). The molecule has 0 radical (unpaired) electrons. The standard InChI is InChI=1S/C11H10Br2Cl3NO/c1-10(2)6-3-5(12)4-7(13)8(6)17-9(18-10)11(14,15)16/h3-4,9,17H,1-2H3/t9-/m1/s1. The van der Waals surface area contributed by atoms with Crippen molar-refractivity contribution in [2.24, 2.45) is 0 Å². The molecule has 1 N–H and O–H groups in total. The normalized spacial score (nSPS) is 22.3. The lowest BCUT2D eigenvalue weighted by molar-refractivity contribution is -0.0695. The Hall–Kier alpha value is 0.810. The van der Waals surface area contributed by atoms with E-state index in [1.807, 2.05) is 26.0 Å². The molecule has 1 aliphatic rings. The lowest BCUT2D eigenvalue weighted by atomic mass is 9.94. The molecule has 0 aliphatic carbocycles. The van der Waals surface area contributed by atoms with Gasteiger partial charge in [0.25, 0.3) is 0 Å². The molecular formula is C11H10Br2Cl3NO. The van der Waals surface area contributed by atoms with Gasteiger partial charge in [-0.25, -0.2) is 0 Å². The van der Waals surface area contributed by atoms with Crippen LogP contribution in [0.1, 0.15) is 19.4 Å². The van der Waals surface area contributed by atoms with Gasteiger partial charge in [0.05, 0.1) is 11.3 Å². The molecule has 0 fully saturated rings. The summed E-state index contributed by atoms with van der Waals surface area (Å²) in [5, 5.41) is 3.10. The highest BCUT2D eigenvalue weighted by atomic mass is 79.9. The topological polar surface area (TPSA) is 21.3 Å². The Morgan fingerprint density at radius 2 is 1.89 bits per heavy atom. The van der Waals surface area contributed by atoms with E-state index in [0.717, 1.165) is 20.2 Å². The van der Waals surface area contributed by atoms with Gasteiger partial charge in [0.1, 0.15) is 0 Å². The van der Waals surface area contributed by atoms with Gasteiger partial charge in [0, 0.05) is 14.5 Å². The molecular weight excluding hydrogens is 428 g/mol. The highest BCUT2D eigenvalue weighted by Crippen LogP contribution is 2.47. The second-order valence-electron chi connectivity index (χ2n) is 4.50. The molecule has 0 unspecified atom stereocenters. The number of ether oxygens (including phenoxy) is 1. The van der Waals surface area contributed by atoms with Crippen LogP contribution in [0, 0.1) is 0 Å². The number of anilines is 1. The van der Waals surface area contributed by atoms with Gasteiger partial charge in [-0.1, -0.05) is 50.7 Å². The van der Waals surface area contributed by atoms with Crippen LogP contribution in [0.4, 0.5) is 5.69 Å². The van der Waals surface area contributed by atoms with Crippen LogP contribution >= 0.6 is 66.7 Å². The van der Waals surface area contributed by atoms with Gasteiger partial charge < -0.3 is 10.1 Å². The Bertz CT molecular complexity index is 488. The molecule has 1 aromatic carbocycles. The Morgan fingerprint density at radius 3 is 2.44 bits per heavy atom. The number of halogens is 5. The van der Waals surface area contributed by atoms with Gasteiger partial charge in [-0.05, 0) is 41.9 Å². The highest BCUT2D eigenvalue weighted by Gasteiger charge is 2.43. The van der Waals surface area contributed by atoms with E-state index in [1.165, 1.54) is 0 Å². The molecule has 1 aliphatic heterocycles. The minimum absolute atomic E-state index is 0.554. The molecule has 7 heteroatoms. The minimum atomic E-state index is -1.54. The smallest absolute Gasteiger partial charge is 0.234 e. The fourth-order valence-corrected chi connectivity index (χ4v) is 3.50. The van der Waals surface area contributed by atoms with E-state index >= 15 is 0 Å². The summed E-state index contributed by atoms with van der Waals surface area (Å²) in [7, 11) is 0. The first-order valence-corrected chi connectivity index (χ1v) is 7.84. The van der Waals surface area contributed by atoms with E-state index in [1.54, 1.807) is 0 Å². The first-order valence-electron chi connectivity index (χ1n) is 5.12. The molecule has 0 amide bonds. The first kappa shape index (κ1) is 15.2. The maximum Gasteiger partial charge on any atom is 0.234 e. The summed E-state index contributed by atoms with van der Waals surface area (Å²) in [5.74, 6) is 0. The van der Waals surface area contributed by atoms with E-state index in [4.69, 9.17) is 39.5 Å². The molecule has 1 atom stereocenters. The SMILES string of the molecule is CC1(C)O[C@H](C(Cl)(Cl)Cl)Nc2c(Br)cc(Br)cc21. The summed E-state index contributed by atoms with van der Waals surface area (Å²) < 4.78 is 6.13. The molecule has 0 saturated heterocycles. The third kappa shape index (κ3) is 2.94. The van der Waals surface area contributed by atoms with E-state index in [-0.39, 0.29) is 0 Å². The van der Waals surface area contributed by atoms with Crippen LogP contribution in [0.15, 0.2) is 21.1 Å². The summed E-state index contributed by atoms with van der Waals surface area (Å²) in [6, 6.07) is 3.92. The molecule has 0 spiro atoms. The van der Waals surface area contributed by atoms with E-state index < -0.39 is 15.6 Å². The molecule has 0 saturated carbocycles. The maximum absolute atomic E-state index is 5.91. The van der Waals surface area contributed by atoms with Crippen LogP contribution in [-0.2, 0) is 10.3 Å². The number of hydrogen-bond acceptors (Lipinski definition) is 2. The third-order valence-corrected chi connectivity index (χ3v) is 4.37. The summed E-state index contributed by atoms with van der Waals surface area (Å²) >= 11 is 24.7. The van der Waals surface area contributed by atoms with Gasteiger partial charge in [-0.15, -0.1) is 0 Å². The van der Waals surface area contributed by atoms with Crippen LogP contribution in [0.3, 0.4) is 0 Å². The lowest BCUT2D eigenvalue weighted by Crippen LogP contribution is -2.46. The van der Waals surface area contributed by atoms with Crippen molar-refractivity contribution in [1.82, 2.24) is 0 Å². The average molecular weight is 438 g/mol. The zero-order chi connectivity index (χ0) is 13.7. The summed E-state index contributed by atoms with van der Waals surface area (Å²) in [6.45, 7) is 3.88. The Labute approximate surface area is 138 Å². The van der Waals surface area contributed by atoms with Crippen molar-refractivity contribution >= 4 is 72.4 Å². The summed E-state index contributed by atoms with van der Waals surface area (Å²) in [6.07, 6.45) is -0.706. The largest absolute Gasteiger partial charge is 0.355 e.